The van der Waals surface area contributed by atoms with E-state index in [1.165, 1.54) is 10.5 Å². The number of carbonyl (C=O) groups is 3. The van der Waals surface area contributed by atoms with E-state index in [0.29, 0.717) is 6.54 Å². The van der Waals surface area contributed by atoms with Crippen molar-refractivity contribution in [3.63, 3.8) is 0 Å². The Hall–Kier alpha value is -2.17. The average molecular weight is 354 g/mol. The third-order valence-corrected chi connectivity index (χ3v) is 6.55. The van der Waals surface area contributed by atoms with Gasteiger partial charge in [0.05, 0.1) is 11.8 Å². The Morgan fingerprint density at radius 1 is 1.00 bits per heavy atom. The number of rotatable bonds is 5. The molecule has 138 valence electrons. The van der Waals surface area contributed by atoms with Crippen molar-refractivity contribution in [2.45, 2.75) is 50.4 Å². The molecule has 1 aliphatic heterocycles. The predicted molar refractivity (Wildman–Crippen MR) is 97.1 cm³/mol. The van der Waals surface area contributed by atoms with E-state index in [1.54, 1.807) is 0 Å². The van der Waals surface area contributed by atoms with E-state index < -0.39 is 0 Å². The number of nitrogens with zero attached hydrogens (tertiary/aromatic N) is 1. The smallest absolute Gasteiger partial charge is 0.240 e. The molecule has 5 heteroatoms. The highest BCUT2D eigenvalue weighted by Crippen LogP contribution is 2.43. The molecule has 0 spiro atoms. The second-order valence-corrected chi connectivity index (χ2v) is 8.04. The molecule has 2 saturated carbocycles. The van der Waals surface area contributed by atoms with Crippen molar-refractivity contribution in [1.82, 2.24) is 10.2 Å². The van der Waals surface area contributed by atoms with Gasteiger partial charge in [0.2, 0.25) is 17.7 Å². The Kier molecular flexibility index (Phi) is 4.55. The zero-order valence-electron chi connectivity index (χ0n) is 15.1. The summed E-state index contributed by atoms with van der Waals surface area (Å²) in [5, 5.41) is 2.99. The van der Waals surface area contributed by atoms with Crippen LogP contribution in [0.2, 0.25) is 0 Å². The van der Waals surface area contributed by atoms with E-state index in [9.17, 15) is 14.4 Å². The lowest BCUT2D eigenvalue weighted by molar-refractivity contribution is -0.143. The lowest BCUT2D eigenvalue weighted by Gasteiger charge is -2.42. The molecule has 4 rings (SSSR count). The first-order chi connectivity index (χ1) is 12.6. The number of benzene rings is 1. The first-order valence-corrected chi connectivity index (χ1v) is 9.78. The molecule has 1 N–H and O–H groups in total. The Bertz CT molecular complexity index is 687. The fraction of sp³-hybridized carbons (Fsp3) is 0.571. The number of hydrogen-bond acceptors (Lipinski definition) is 3. The number of likely N-dealkylation sites (tertiary alicyclic amines) is 1. The van der Waals surface area contributed by atoms with E-state index in [-0.39, 0.29) is 41.5 Å². The highest BCUT2D eigenvalue weighted by Gasteiger charge is 2.48. The van der Waals surface area contributed by atoms with Crippen LogP contribution in [-0.4, -0.2) is 35.7 Å². The molecule has 2 atom stereocenters. The summed E-state index contributed by atoms with van der Waals surface area (Å²) in [5.41, 5.74) is 1.26. The number of fused-ring (bicyclic) bond motifs is 1. The Balaban J connectivity index is 1.37. The third-order valence-electron chi connectivity index (χ3n) is 6.55. The van der Waals surface area contributed by atoms with Gasteiger partial charge in [0, 0.05) is 12.0 Å². The fourth-order valence-electron chi connectivity index (χ4n) is 4.82. The first kappa shape index (κ1) is 17.3. The maximum Gasteiger partial charge on any atom is 0.240 e. The van der Waals surface area contributed by atoms with Gasteiger partial charge >= 0.3 is 0 Å². The van der Waals surface area contributed by atoms with Gasteiger partial charge in [0.15, 0.2) is 0 Å². The molecule has 1 aromatic carbocycles. The first-order valence-electron chi connectivity index (χ1n) is 9.78. The summed E-state index contributed by atoms with van der Waals surface area (Å²) in [4.78, 5) is 38.7. The molecule has 3 aliphatic rings. The molecule has 2 aliphatic carbocycles. The normalized spacial score (nSPS) is 27.0. The number of carbonyl (C=O) groups excluding carboxylic acids is 3. The number of amides is 3. The Labute approximate surface area is 154 Å². The summed E-state index contributed by atoms with van der Waals surface area (Å²) >= 11 is 0. The van der Waals surface area contributed by atoms with E-state index in [1.807, 2.05) is 18.2 Å². The van der Waals surface area contributed by atoms with Gasteiger partial charge in [-0.15, -0.1) is 0 Å². The van der Waals surface area contributed by atoms with Crippen LogP contribution in [0, 0.1) is 11.8 Å². The van der Waals surface area contributed by atoms with Crippen LogP contribution in [0.25, 0.3) is 0 Å². The molecule has 5 nitrogen and oxygen atoms in total. The minimum Gasteiger partial charge on any atom is -0.354 e. The van der Waals surface area contributed by atoms with E-state index in [2.05, 4.69) is 17.4 Å². The molecule has 0 aromatic heterocycles. The van der Waals surface area contributed by atoms with Gasteiger partial charge in [-0.25, -0.2) is 0 Å². The summed E-state index contributed by atoms with van der Waals surface area (Å²) in [7, 11) is 0. The quantitative estimate of drug-likeness (QED) is 0.826. The summed E-state index contributed by atoms with van der Waals surface area (Å²) < 4.78 is 0. The van der Waals surface area contributed by atoms with Crippen molar-refractivity contribution in [2.24, 2.45) is 11.8 Å². The number of imide groups is 1. The Morgan fingerprint density at radius 2 is 1.62 bits per heavy atom. The molecular weight excluding hydrogens is 328 g/mol. The molecular formula is C21H26N2O3. The standard InChI is InChI=1S/C21H26N2O3/c24-18(13-23-19(25)16-9-4-5-10-17(16)20(23)26)22-14-21(11-6-12-21)15-7-2-1-3-8-15/h1-3,7-8,16-17H,4-6,9-14H2,(H,22,24). The summed E-state index contributed by atoms with van der Waals surface area (Å²) in [5.74, 6) is -0.891. The second kappa shape index (κ2) is 6.86. The Morgan fingerprint density at radius 3 is 2.15 bits per heavy atom. The van der Waals surface area contributed by atoms with Crippen molar-refractivity contribution in [3.05, 3.63) is 35.9 Å². The van der Waals surface area contributed by atoms with Crippen molar-refractivity contribution in [3.8, 4) is 0 Å². The summed E-state index contributed by atoms with van der Waals surface area (Å²) in [6.07, 6.45) is 6.85. The van der Waals surface area contributed by atoms with Crippen LogP contribution >= 0.6 is 0 Å². The fourth-order valence-corrected chi connectivity index (χ4v) is 4.82. The summed E-state index contributed by atoms with van der Waals surface area (Å²) in [6.45, 7) is 0.439. The lowest BCUT2D eigenvalue weighted by Crippen LogP contribution is -2.48. The van der Waals surface area contributed by atoms with Crippen molar-refractivity contribution in [2.75, 3.05) is 13.1 Å². The van der Waals surface area contributed by atoms with E-state index in [0.717, 1.165) is 44.9 Å². The molecule has 26 heavy (non-hydrogen) atoms. The zero-order valence-corrected chi connectivity index (χ0v) is 15.1. The number of hydrogen-bond donors (Lipinski definition) is 1. The van der Waals surface area contributed by atoms with Crippen molar-refractivity contribution < 1.29 is 14.4 Å². The maximum atomic E-state index is 12.5. The average Bonchev–Trinajstić information content (AvgIpc) is 2.87. The van der Waals surface area contributed by atoms with E-state index in [4.69, 9.17) is 0 Å². The highest BCUT2D eigenvalue weighted by molar-refractivity contribution is 6.07. The highest BCUT2D eigenvalue weighted by atomic mass is 16.2. The molecule has 0 bridgehead atoms. The van der Waals surface area contributed by atoms with Gasteiger partial charge in [0.1, 0.15) is 6.54 Å². The van der Waals surface area contributed by atoms with Crippen LogP contribution in [-0.2, 0) is 19.8 Å². The van der Waals surface area contributed by atoms with Gasteiger partial charge in [-0.2, -0.15) is 0 Å². The van der Waals surface area contributed by atoms with Gasteiger partial charge < -0.3 is 5.32 Å². The largest absolute Gasteiger partial charge is 0.354 e. The molecule has 3 fully saturated rings. The molecule has 1 aromatic rings. The van der Waals surface area contributed by atoms with Crippen LogP contribution in [0.5, 0.6) is 0 Å². The van der Waals surface area contributed by atoms with Crippen LogP contribution in [0.1, 0.15) is 50.5 Å². The van der Waals surface area contributed by atoms with Crippen LogP contribution < -0.4 is 5.32 Å². The third kappa shape index (κ3) is 2.93. The lowest BCUT2D eigenvalue weighted by atomic mass is 9.64. The van der Waals surface area contributed by atoms with Crippen LogP contribution in [0.15, 0.2) is 30.3 Å². The predicted octanol–water partition coefficient (Wildman–Crippen LogP) is 2.40. The van der Waals surface area contributed by atoms with Crippen molar-refractivity contribution >= 4 is 17.7 Å². The molecule has 1 heterocycles. The molecule has 2 unspecified atom stereocenters. The molecule has 3 amide bonds. The van der Waals surface area contributed by atoms with Gasteiger partial charge in [0.25, 0.3) is 0 Å². The molecule has 0 radical (unpaired) electrons. The monoisotopic (exact) mass is 354 g/mol. The van der Waals surface area contributed by atoms with Crippen LogP contribution in [0.4, 0.5) is 0 Å². The SMILES string of the molecule is O=C(CN1C(=O)C2CCCCC2C1=O)NCC1(c2ccccc2)CCC1. The van der Waals surface area contributed by atoms with Gasteiger partial charge in [-0.05, 0) is 31.2 Å². The minimum atomic E-state index is -0.229. The zero-order chi connectivity index (χ0) is 18.1. The van der Waals surface area contributed by atoms with Gasteiger partial charge in [-0.3, -0.25) is 19.3 Å². The maximum absolute atomic E-state index is 12.5. The van der Waals surface area contributed by atoms with Crippen LogP contribution in [0.3, 0.4) is 0 Å². The van der Waals surface area contributed by atoms with E-state index >= 15 is 0 Å². The number of nitrogens with one attached hydrogen (secondary N) is 1. The van der Waals surface area contributed by atoms with Gasteiger partial charge in [-0.1, -0.05) is 49.6 Å². The van der Waals surface area contributed by atoms with Crippen molar-refractivity contribution in [1.29, 1.82) is 0 Å². The minimum absolute atomic E-state index is 0.00390. The summed E-state index contributed by atoms with van der Waals surface area (Å²) in [6, 6.07) is 10.3. The molecule has 1 saturated heterocycles. The topological polar surface area (TPSA) is 66.5 Å². The second-order valence-electron chi connectivity index (χ2n) is 8.04.